The van der Waals surface area contributed by atoms with Gasteiger partial charge in [-0.15, -0.1) is 0 Å². The minimum Gasteiger partial charge on any atom is -0.496 e. The van der Waals surface area contributed by atoms with Crippen molar-refractivity contribution in [3.63, 3.8) is 0 Å². The Kier molecular flexibility index (Phi) is 5.65. The molecule has 5 nitrogen and oxygen atoms in total. The molecule has 0 bridgehead atoms. The summed E-state index contributed by atoms with van der Waals surface area (Å²) in [6, 6.07) is 4.80. The average Bonchev–Trinajstić information content (AvgIpc) is 2.48. The first-order chi connectivity index (χ1) is 9.95. The van der Waals surface area contributed by atoms with Gasteiger partial charge in [-0.1, -0.05) is 0 Å². The molecular weight excluding hydrogens is 358 g/mol. The van der Waals surface area contributed by atoms with E-state index < -0.39 is 10.0 Å². The summed E-state index contributed by atoms with van der Waals surface area (Å²) >= 11 is 3.32. The number of rotatable bonds is 5. The molecule has 1 aromatic rings. The maximum absolute atomic E-state index is 12.6. The van der Waals surface area contributed by atoms with E-state index in [-0.39, 0.29) is 4.90 Å². The molecule has 1 aliphatic heterocycles. The van der Waals surface area contributed by atoms with Crippen molar-refractivity contribution in [3.05, 3.63) is 22.7 Å². The van der Waals surface area contributed by atoms with Gasteiger partial charge >= 0.3 is 0 Å². The summed E-state index contributed by atoms with van der Waals surface area (Å²) in [5.74, 6) is 0.973. The Balaban J connectivity index is 2.14. The minimum atomic E-state index is -3.48. The predicted octanol–water partition coefficient (Wildman–Crippen LogP) is 2.50. The van der Waals surface area contributed by atoms with Crippen LogP contribution in [0.2, 0.25) is 0 Å². The van der Waals surface area contributed by atoms with Gasteiger partial charge in [0.2, 0.25) is 10.0 Å². The Labute approximate surface area is 134 Å². The van der Waals surface area contributed by atoms with Gasteiger partial charge in [0, 0.05) is 26.8 Å². The second-order valence-electron chi connectivity index (χ2n) is 5.14. The first-order valence-corrected chi connectivity index (χ1v) is 9.06. The van der Waals surface area contributed by atoms with Crippen LogP contribution in [0, 0.1) is 5.92 Å². The normalized spacial score (nSPS) is 17.1. The van der Waals surface area contributed by atoms with Gasteiger partial charge in [-0.2, -0.15) is 0 Å². The third-order valence-corrected chi connectivity index (χ3v) is 6.13. The van der Waals surface area contributed by atoms with E-state index in [0.29, 0.717) is 35.9 Å². The molecule has 0 aromatic heterocycles. The molecule has 1 heterocycles. The number of hydrogen-bond acceptors (Lipinski definition) is 4. The van der Waals surface area contributed by atoms with E-state index in [1.165, 1.54) is 4.31 Å². The molecule has 1 saturated heterocycles. The second-order valence-corrected chi connectivity index (χ2v) is 8.04. The van der Waals surface area contributed by atoms with Gasteiger partial charge in [0.15, 0.2) is 0 Å². The standard InChI is InChI=1S/C14H20BrNO4S/c1-16(10-11-5-7-20-8-6-11)21(17,18)12-3-4-14(19-2)13(15)9-12/h3-4,9,11H,5-8,10H2,1-2H3. The molecule has 0 spiro atoms. The third kappa shape index (κ3) is 3.97. The lowest BCUT2D eigenvalue weighted by molar-refractivity contribution is 0.0620. The Hall–Kier alpha value is -0.630. The van der Waals surface area contributed by atoms with Gasteiger partial charge in [-0.25, -0.2) is 12.7 Å². The van der Waals surface area contributed by atoms with Gasteiger partial charge in [0.1, 0.15) is 5.75 Å². The van der Waals surface area contributed by atoms with Crippen LogP contribution in [0.5, 0.6) is 5.75 Å². The molecule has 0 N–H and O–H groups in total. The zero-order valence-electron chi connectivity index (χ0n) is 12.2. The maximum Gasteiger partial charge on any atom is 0.242 e. The molecule has 0 atom stereocenters. The van der Waals surface area contributed by atoms with E-state index in [4.69, 9.17) is 9.47 Å². The molecule has 1 fully saturated rings. The molecule has 2 rings (SSSR count). The molecular formula is C14H20BrNO4S. The largest absolute Gasteiger partial charge is 0.496 e. The van der Waals surface area contributed by atoms with Crippen molar-refractivity contribution >= 4 is 26.0 Å². The zero-order chi connectivity index (χ0) is 15.5. The van der Waals surface area contributed by atoms with Crippen molar-refractivity contribution in [2.24, 2.45) is 5.92 Å². The minimum absolute atomic E-state index is 0.268. The van der Waals surface area contributed by atoms with E-state index >= 15 is 0 Å². The average molecular weight is 378 g/mol. The first kappa shape index (κ1) is 16.7. The number of ether oxygens (including phenoxy) is 2. The molecule has 0 saturated carbocycles. The van der Waals surface area contributed by atoms with E-state index in [0.717, 1.165) is 12.8 Å². The van der Waals surface area contributed by atoms with Crippen LogP contribution in [0.25, 0.3) is 0 Å². The first-order valence-electron chi connectivity index (χ1n) is 6.82. The van der Waals surface area contributed by atoms with Crippen molar-refractivity contribution in [2.45, 2.75) is 17.7 Å². The Morgan fingerprint density at radius 1 is 1.38 bits per heavy atom. The quantitative estimate of drug-likeness (QED) is 0.790. The highest BCUT2D eigenvalue weighted by atomic mass is 79.9. The van der Waals surface area contributed by atoms with Crippen LogP contribution in [-0.4, -0.2) is 46.6 Å². The lowest BCUT2D eigenvalue weighted by Crippen LogP contribution is -2.34. The summed E-state index contributed by atoms with van der Waals surface area (Å²) in [6.07, 6.45) is 1.82. The Morgan fingerprint density at radius 2 is 2.05 bits per heavy atom. The van der Waals surface area contributed by atoms with Crippen molar-refractivity contribution in [2.75, 3.05) is 33.9 Å². The van der Waals surface area contributed by atoms with E-state index in [1.807, 2.05) is 0 Å². The summed E-state index contributed by atoms with van der Waals surface area (Å²) in [6.45, 7) is 1.95. The predicted molar refractivity (Wildman–Crippen MR) is 84.1 cm³/mol. The molecule has 21 heavy (non-hydrogen) atoms. The highest BCUT2D eigenvalue weighted by molar-refractivity contribution is 9.10. The van der Waals surface area contributed by atoms with Crippen LogP contribution in [-0.2, 0) is 14.8 Å². The number of methoxy groups -OCH3 is 1. The summed E-state index contributed by atoms with van der Waals surface area (Å²) in [7, 11) is -0.304. The number of hydrogen-bond donors (Lipinski definition) is 0. The highest BCUT2D eigenvalue weighted by Crippen LogP contribution is 2.29. The number of benzene rings is 1. The molecule has 0 radical (unpaired) electrons. The number of halogens is 1. The maximum atomic E-state index is 12.6. The van der Waals surface area contributed by atoms with Crippen LogP contribution in [0.3, 0.4) is 0 Å². The SMILES string of the molecule is COc1ccc(S(=O)(=O)N(C)CC2CCOCC2)cc1Br. The summed E-state index contributed by atoms with van der Waals surface area (Å²) in [5, 5.41) is 0. The number of sulfonamides is 1. The molecule has 1 aromatic carbocycles. The monoisotopic (exact) mass is 377 g/mol. The number of nitrogens with zero attached hydrogens (tertiary/aromatic N) is 1. The fourth-order valence-electron chi connectivity index (χ4n) is 2.38. The molecule has 0 unspecified atom stereocenters. The molecule has 0 aliphatic carbocycles. The van der Waals surface area contributed by atoms with Gasteiger partial charge in [-0.3, -0.25) is 0 Å². The summed E-state index contributed by atoms with van der Waals surface area (Å²) in [5.41, 5.74) is 0. The van der Waals surface area contributed by atoms with Crippen LogP contribution < -0.4 is 4.74 Å². The van der Waals surface area contributed by atoms with E-state index in [1.54, 1.807) is 32.4 Å². The van der Waals surface area contributed by atoms with Crippen LogP contribution in [0.15, 0.2) is 27.6 Å². The van der Waals surface area contributed by atoms with E-state index in [9.17, 15) is 8.42 Å². The summed E-state index contributed by atoms with van der Waals surface area (Å²) < 4.78 is 37.7. The lowest BCUT2D eigenvalue weighted by Gasteiger charge is -2.26. The van der Waals surface area contributed by atoms with Crippen molar-refractivity contribution in [3.8, 4) is 5.75 Å². The van der Waals surface area contributed by atoms with Crippen molar-refractivity contribution in [1.82, 2.24) is 4.31 Å². The second kappa shape index (κ2) is 7.09. The van der Waals surface area contributed by atoms with Gasteiger partial charge in [0.25, 0.3) is 0 Å². The van der Waals surface area contributed by atoms with E-state index in [2.05, 4.69) is 15.9 Å². The molecule has 0 amide bonds. The highest BCUT2D eigenvalue weighted by Gasteiger charge is 2.25. The Bertz CT molecular complexity index is 585. The van der Waals surface area contributed by atoms with Crippen LogP contribution >= 0.6 is 15.9 Å². The van der Waals surface area contributed by atoms with Gasteiger partial charge < -0.3 is 9.47 Å². The molecule has 1 aliphatic rings. The smallest absolute Gasteiger partial charge is 0.242 e. The van der Waals surface area contributed by atoms with Crippen LogP contribution in [0.1, 0.15) is 12.8 Å². The van der Waals surface area contributed by atoms with Gasteiger partial charge in [-0.05, 0) is 52.9 Å². The third-order valence-electron chi connectivity index (χ3n) is 3.69. The fourth-order valence-corrected chi connectivity index (χ4v) is 4.34. The molecule has 118 valence electrons. The fraction of sp³-hybridized carbons (Fsp3) is 0.571. The topological polar surface area (TPSA) is 55.8 Å². The van der Waals surface area contributed by atoms with Gasteiger partial charge in [0.05, 0.1) is 16.5 Å². The zero-order valence-corrected chi connectivity index (χ0v) is 14.6. The molecule has 7 heteroatoms. The van der Waals surface area contributed by atoms with Crippen molar-refractivity contribution in [1.29, 1.82) is 0 Å². The summed E-state index contributed by atoms with van der Waals surface area (Å²) in [4.78, 5) is 0.268. The lowest BCUT2D eigenvalue weighted by atomic mass is 10.0. The Morgan fingerprint density at radius 3 is 2.62 bits per heavy atom. The van der Waals surface area contributed by atoms with Crippen molar-refractivity contribution < 1.29 is 17.9 Å². The van der Waals surface area contributed by atoms with Crippen LogP contribution in [0.4, 0.5) is 0 Å².